The van der Waals surface area contributed by atoms with Gasteiger partial charge in [-0.2, -0.15) is 0 Å². The van der Waals surface area contributed by atoms with Crippen molar-refractivity contribution >= 4 is 17.4 Å². The Balaban J connectivity index is 1.91. The van der Waals surface area contributed by atoms with Crippen LogP contribution in [0, 0.1) is 0 Å². The fourth-order valence-corrected chi connectivity index (χ4v) is 2.96. The van der Waals surface area contributed by atoms with E-state index >= 15 is 0 Å². The highest BCUT2D eigenvalue weighted by Gasteiger charge is 2.03. The van der Waals surface area contributed by atoms with Gasteiger partial charge in [-0.15, -0.1) is 11.3 Å². The molecule has 0 aliphatic heterocycles. The fraction of sp³-hybridized carbons (Fsp3) is 0.333. The van der Waals surface area contributed by atoms with Crippen molar-refractivity contribution in [3.63, 3.8) is 0 Å². The van der Waals surface area contributed by atoms with E-state index in [-0.39, 0.29) is 0 Å². The summed E-state index contributed by atoms with van der Waals surface area (Å²) in [6, 6.07) is 12.5. The quantitative estimate of drug-likeness (QED) is 0.703. The Hall–Kier alpha value is -1.58. The zero-order valence-electron chi connectivity index (χ0n) is 12.8. The van der Waals surface area contributed by atoms with E-state index in [9.17, 15) is 0 Å². The van der Waals surface area contributed by atoms with E-state index in [2.05, 4.69) is 36.5 Å². The van der Waals surface area contributed by atoms with Crippen LogP contribution in [0.4, 0.5) is 0 Å². The van der Waals surface area contributed by atoms with Crippen molar-refractivity contribution in [3.8, 4) is 5.75 Å². The third kappa shape index (κ3) is 5.03. The molecule has 0 aliphatic carbocycles. The largest absolute Gasteiger partial charge is 0.487 e. The summed E-state index contributed by atoms with van der Waals surface area (Å²) in [6.45, 7) is 6.86. The molecule has 0 atom stereocenters. The second-order valence-electron chi connectivity index (χ2n) is 4.87. The number of hydrogen-bond acceptors (Lipinski definition) is 3. The molecule has 0 saturated heterocycles. The van der Waals surface area contributed by atoms with Crippen molar-refractivity contribution in [1.29, 1.82) is 0 Å². The number of thiophene rings is 1. The molecule has 3 heteroatoms. The SMILES string of the molecule is C/C=C/c1ccccc1OCc1ccc(CNCCC)s1. The van der Waals surface area contributed by atoms with Gasteiger partial charge in [0.25, 0.3) is 0 Å². The summed E-state index contributed by atoms with van der Waals surface area (Å²) in [4.78, 5) is 2.63. The third-order valence-electron chi connectivity index (χ3n) is 3.08. The van der Waals surface area contributed by atoms with Gasteiger partial charge in [0.15, 0.2) is 0 Å². The maximum Gasteiger partial charge on any atom is 0.127 e. The number of rotatable bonds is 8. The van der Waals surface area contributed by atoms with Crippen LogP contribution in [0.25, 0.3) is 6.08 Å². The Labute approximate surface area is 131 Å². The minimum absolute atomic E-state index is 0.632. The average molecular weight is 301 g/mol. The molecule has 21 heavy (non-hydrogen) atoms. The minimum Gasteiger partial charge on any atom is -0.487 e. The lowest BCUT2D eigenvalue weighted by Gasteiger charge is -2.07. The lowest BCUT2D eigenvalue weighted by molar-refractivity contribution is 0.309. The number of benzene rings is 1. The molecule has 0 unspecified atom stereocenters. The van der Waals surface area contributed by atoms with Gasteiger partial charge in [-0.25, -0.2) is 0 Å². The first-order valence-corrected chi connectivity index (χ1v) is 8.28. The zero-order chi connectivity index (χ0) is 14.9. The lowest BCUT2D eigenvalue weighted by Crippen LogP contribution is -2.12. The Kier molecular flexibility index (Phi) is 6.51. The monoisotopic (exact) mass is 301 g/mol. The molecule has 0 aliphatic rings. The molecule has 1 heterocycles. The highest BCUT2D eigenvalue weighted by molar-refractivity contribution is 7.11. The van der Waals surface area contributed by atoms with Crippen LogP contribution in [-0.4, -0.2) is 6.54 Å². The predicted molar refractivity (Wildman–Crippen MR) is 91.8 cm³/mol. The lowest BCUT2D eigenvalue weighted by atomic mass is 10.2. The Morgan fingerprint density at radius 1 is 1.14 bits per heavy atom. The maximum absolute atomic E-state index is 5.95. The molecule has 0 fully saturated rings. The summed E-state index contributed by atoms with van der Waals surface area (Å²) >= 11 is 1.82. The van der Waals surface area contributed by atoms with E-state index in [4.69, 9.17) is 4.74 Å². The van der Waals surface area contributed by atoms with Crippen LogP contribution < -0.4 is 10.1 Å². The van der Waals surface area contributed by atoms with Crippen molar-refractivity contribution in [1.82, 2.24) is 5.32 Å². The summed E-state index contributed by atoms with van der Waals surface area (Å²) in [5.41, 5.74) is 1.13. The topological polar surface area (TPSA) is 21.3 Å². The highest BCUT2D eigenvalue weighted by atomic mass is 32.1. The number of nitrogens with one attached hydrogen (secondary N) is 1. The number of allylic oxidation sites excluding steroid dienone is 1. The van der Waals surface area contributed by atoms with Gasteiger partial charge < -0.3 is 10.1 Å². The van der Waals surface area contributed by atoms with E-state index in [1.165, 1.54) is 16.2 Å². The molecule has 2 nitrogen and oxygen atoms in total. The molecular weight excluding hydrogens is 278 g/mol. The van der Waals surface area contributed by atoms with E-state index in [1.807, 2.05) is 42.5 Å². The summed E-state index contributed by atoms with van der Waals surface area (Å²) in [5.74, 6) is 0.939. The van der Waals surface area contributed by atoms with Gasteiger partial charge in [0, 0.05) is 21.9 Å². The summed E-state index contributed by atoms with van der Waals surface area (Å²) in [6.07, 6.45) is 5.28. The first kappa shape index (κ1) is 15.8. The van der Waals surface area contributed by atoms with Crippen LogP contribution in [0.1, 0.15) is 35.6 Å². The van der Waals surface area contributed by atoms with E-state index in [0.717, 1.165) is 24.4 Å². The van der Waals surface area contributed by atoms with Crippen LogP contribution in [0.3, 0.4) is 0 Å². The van der Waals surface area contributed by atoms with Crippen LogP contribution in [0.2, 0.25) is 0 Å². The van der Waals surface area contributed by atoms with Gasteiger partial charge in [0.1, 0.15) is 12.4 Å². The maximum atomic E-state index is 5.95. The van der Waals surface area contributed by atoms with Gasteiger partial charge in [-0.3, -0.25) is 0 Å². The molecule has 2 rings (SSSR count). The number of hydrogen-bond donors (Lipinski definition) is 1. The van der Waals surface area contributed by atoms with E-state index < -0.39 is 0 Å². The minimum atomic E-state index is 0.632. The van der Waals surface area contributed by atoms with Crippen molar-refractivity contribution in [2.75, 3.05) is 6.54 Å². The molecule has 0 amide bonds. The van der Waals surface area contributed by atoms with Gasteiger partial charge in [0.2, 0.25) is 0 Å². The Morgan fingerprint density at radius 3 is 2.76 bits per heavy atom. The predicted octanol–water partition coefficient (Wildman–Crippen LogP) is 4.86. The fourth-order valence-electron chi connectivity index (χ4n) is 2.06. The van der Waals surface area contributed by atoms with Crippen LogP contribution in [0.15, 0.2) is 42.5 Å². The normalized spacial score (nSPS) is 11.1. The van der Waals surface area contributed by atoms with E-state index in [0.29, 0.717) is 6.61 Å². The smallest absolute Gasteiger partial charge is 0.127 e. The molecule has 1 aromatic heterocycles. The highest BCUT2D eigenvalue weighted by Crippen LogP contribution is 2.23. The average Bonchev–Trinajstić information content (AvgIpc) is 2.95. The first-order valence-electron chi connectivity index (χ1n) is 7.46. The zero-order valence-corrected chi connectivity index (χ0v) is 13.6. The molecule has 0 saturated carbocycles. The second kappa shape index (κ2) is 8.65. The molecule has 1 aromatic carbocycles. The van der Waals surface area contributed by atoms with Crippen molar-refractivity contribution in [2.24, 2.45) is 0 Å². The van der Waals surface area contributed by atoms with Gasteiger partial charge in [0.05, 0.1) is 0 Å². The molecular formula is C18H23NOS. The molecule has 2 aromatic rings. The molecule has 1 N–H and O–H groups in total. The standard InChI is InChI=1S/C18H23NOS/c1-3-7-15-8-5-6-9-18(15)20-14-17-11-10-16(21-17)13-19-12-4-2/h3,5-11,19H,4,12-14H2,1-2H3/b7-3+. The van der Waals surface area contributed by atoms with Crippen molar-refractivity contribution in [3.05, 3.63) is 57.8 Å². The van der Waals surface area contributed by atoms with Gasteiger partial charge in [-0.05, 0) is 38.1 Å². The number of ether oxygens (including phenoxy) is 1. The third-order valence-corrected chi connectivity index (χ3v) is 4.14. The van der Waals surface area contributed by atoms with Crippen LogP contribution in [-0.2, 0) is 13.2 Å². The van der Waals surface area contributed by atoms with Gasteiger partial charge in [-0.1, -0.05) is 37.3 Å². The van der Waals surface area contributed by atoms with Gasteiger partial charge >= 0.3 is 0 Å². The molecule has 0 radical (unpaired) electrons. The van der Waals surface area contributed by atoms with Crippen molar-refractivity contribution in [2.45, 2.75) is 33.4 Å². The first-order chi connectivity index (χ1) is 10.3. The summed E-state index contributed by atoms with van der Waals surface area (Å²) in [7, 11) is 0. The van der Waals surface area contributed by atoms with Crippen LogP contribution >= 0.6 is 11.3 Å². The molecule has 112 valence electrons. The molecule has 0 bridgehead atoms. The number of para-hydroxylation sites is 1. The van der Waals surface area contributed by atoms with Crippen LogP contribution in [0.5, 0.6) is 5.75 Å². The summed E-state index contributed by atoms with van der Waals surface area (Å²) in [5, 5.41) is 3.42. The Bertz CT molecular complexity index is 574. The van der Waals surface area contributed by atoms with E-state index in [1.54, 1.807) is 0 Å². The second-order valence-corrected chi connectivity index (χ2v) is 6.12. The summed E-state index contributed by atoms with van der Waals surface area (Å²) < 4.78 is 5.95. The van der Waals surface area contributed by atoms with Crippen molar-refractivity contribution < 1.29 is 4.74 Å². The molecule has 0 spiro atoms. The Morgan fingerprint density at radius 2 is 1.95 bits per heavy atom.